The lowest BCUT2D eigenvalue weighted by Gasteiger charge is -2.18. The van der Waals surface area contributed by atoms with E-state index < -0.39 is 5.82 Å². The van der Waals surface area contributed by atoms with Crippen LogP contribution in [-0.4, -0.2) is 27.9 Å². The monoisotopic (exact) mass is 564 g/mol. The van der Waals surface area contributed by atoms with Crippen molar-refractivity contribution in [2.24, 2.45) is 7.05 Å². The van der Waals surface area contributed by atoms with Gasteiger partial charge in [0, 0.05) is 18.0 Å². The number of aromatic amines is 1. The maximum atomic E-state index is 14.3. The number of H-pyrrole nitrogens is 1. The van der Waals surface area contributed by atoms with E-state index in [2.05, 4.69) is 11.6 Å². The normalized spacial score (nSPS) is 11.1. The van der Waals surface area contributed by atoms with E-state index in [0.717, 1.165) is 11.3 Å². The maximum Gasteiger partial charge on any atom is 0.307 e. The molecule has 0 unspecified atom stereocenters. The van der Waals surface area contributed by atoms with E-state index in [1.165, 1.54) is 12.1 Å². The number of benzene rings is 3. The number of nitrogens with zero attached hydrogens (tertiary/aromatic N) is 1. The average molecular weight is 565 g/mol. The van der Waals surface area contributed by atoms with Gasteiger partial charge in [0.2, 0.25) is 11.3 Å². The van der Waals surface area contributed by atoms with E-state index in [4.69, 9.17) is 21.1 Å². The molecule has 2 N–H and O–H groups in total. The zero-order valence-corrected chi connectivity index (χ0v) is 22.2. The first-order valence-electron chi connectivity index (χ1n) is 11.8. The molecule has 39 heavy (non-hydrogen) atoms. The Kier molecular flexibility index (Phi) is 7.28. The Morgan fingerprint density at radius 2 is 1.79 bits per heavy atom. The van der Waals surface area contributed by atoms with Crippen molar-refractivity contribution in [3.63, 3.8) is 0 Å². The molecule has 0 amide bonds. The second-order valence-corrected chi connectivity index (χ2v) is 9.99. The standard InChI is InChI=1S/C29H22ClFN2O5S/c1-16(27-28(35)32-29(36)39-27)17-7-10-19(11-8-17)37-13-14-38-26-24(18-9-12-21(30)22(31)15-18)33(2)23-6-4-3-5-20(23)25(26)34/h3-12,15,35H,1,13-14H2,2H3,(H,32,36). The molecule has 5 aromatic rings. The number of aromatic nitrogens is 2. The lowest BCUT2D eigenvalue weighted by Crippen LogP contribution is -2.18. The Morgan fingerprint density at radius 3 is 2.49 bits per heavy atom. The van der Waals surface area contributed by atoms with Crippen LogP contribution in [0.3, 0.4) is 0 Å². The fourth-order valence-corrected chi connectivity index (χ4v) is 5.11. The molecule has 0 bridgehead atoms. The van der Waals surface area contributed by atoms with Gasteiger partial charge in [0.15, 0.2) is 5.75 Å². The van der Waals surface area contributed by atoms with E-state index in [1.54, 1.807) is 54.1 Å². The molecule has 2 heterocycles. The molecular formula is C29H22ClFN2O5S. The van der Waals surface area contributed by atoms with Crippen LogP contribution in [0.15, 0.2) is 82.9 Å². The molecule has 0 spiro atoms. The zero-order valence-electron chi connectivity index (χ0n) is 20.7. The number of ether oxygens (including phenoxy) is 2. The highest BCUT2D eigenvalue weighted by Crippen LogP contribution is 2.33. The summed E-state index contributed by atoms with van der Waals surface area (Å²) in [6.45, 7) is 4.14. The number of rotatable bonds is 8. The van der Waals surface area contributed by atoms with Crippen LogP contribution in [0.2, 0.25) is 5.02 Å². The van der Waals surface area contributed by atoms with Gasteiger partial charge in [0.25, 0.3) is 0 Å². The first-order valence-corrected chi connectivity index (χ1v) is 13.0. The highest BCUT2D eigenvalue weighted by Gasteiger charge is 2.19. The predicted molar refractivity (Wildman–Crippen MR) is 152 cm³/mol. The molecule has 10 heteroatoms. The van der Waals surface area contributed by atoms with Gasteiger partial charge in [0.1, 0.15) is 24.8 Å². The van der Waals surface area contributed by atoms with E-state index in [0.29, 0.717) is 43.9 Å². The van der Waals surface area contributed by atoms with Gasteiger partial charge in [-0.1, -0.05) is 59.8 Å². The summed E-state index contributed by atoms with van der Waals surface area (Å²) < 4.78 is 27.9. The number of nitrogens with one attached hydrogen (secondary N) is 1. The summed E-state index contributed by atoms with van der Waals surface area (Å²) in [5.74, 6) is -0.185. The van der Waals surface area contributed by atoms with Gasteiger partial charge in [-0.15, -0.1) is 0 Å². The Hall–Kier alpha value is -4.34. The molecule has 198 valence electrons. The molecule has 0 aliphatic rings. The van der Waals surface area contributed by atoms with Gasteiger partial charge in [-0.2, -0.15) is 0 Å². The summed E-state index contributed by atoms with van der Waals surface area (Å²) in [5, 5.41) is 10.3. The van der Waals surface area contributed by atoms with Crippen molar-refractivity contribution >= 4 is 39.4 Å². The SMILES string of the molecule is C=C(c1ccc(OCCOc2c(-c3ccc(Cl)c(F)c3)n(C)c3ccccc3c2=O)cc1)c1sc(=O)[nH]c1O. The van der Waals surface area contributed by atoms with Crippen molar-refractivity contribution < 1.29 is 19.0 Å². The molecule has 5 rings (SSSR count). The highest BCUT2D eigenvalue weighted by atomic mass is 35.5. The number of aryl methyl sites for hydroxylation is 1. The van der Waals surface area contributed by atoms with Crippen molar-refractivity contribution in [3.8, 4) is 28.6 Å². The summed E-state index contributed by atoms with van der Waals surface area (Å²) >= 11 is 6.76. The van der Waals surface area contributed by atoms with Gasteiger partial charge >= 0.3 is 4.87 Å². The van der Waals surface area contributed by atoms with Crippen molar-refractivity contribution in [2.75, 3.05) is 13.2 Å². The predicted octanol–water partition coefficient (Wildman–Crippen LogP) is 5.97. The Labute approximate surface area is 231 Å². The number of thiazole rings is 1. The van der Waals surface area contributed by atoms with Crippen LogP contribution in [-0.2, 0) is 7.05 Å². The van der Waals surface area contributed by atoms with E-state index in [9.17, 15) is 19.1 Å². The van der Waals surface area contributed by atoms with E-state index in [1.807, 2.05) is 12.1 Å². The maximum absolute atomic E-state index is 14.3. The quantitative estimate of drug-likeness (QED) is 0.226. The molecule has 2 aromatic heterocycles. The summed E-state index contributed by atoms with van der Waals surface area (Å²) in [6.07, 6.45) is 0. The molecule has 0 aliphatic heterocycles. The van der Waals surface area contributed by atoms with Gasteiger partial charge in [-0.05, 0) is 47.5 Å². The molecule has 0 saturated carbocycles. The lowest BCUT2D eigenvalue weighted by molar-refractivity contribution is 0.216. The van der Waals surface area contributed by atoms with Crippen LogP contribution < -0.4 is 19.8 Å². The fraction of sp³-hybridized carbons (Fsp3) is 0.103. The van der Waals surface area contributed by atoms with Crippen LogP contribution in [0.4, 0.5) is 4.39 Å². The van der Waals surface area contributed by atoms with E-state index >= 15 is 0 Å². The molecule has 0 radical (unpaired) electrons. The third-order valence-corrected chi connectivity index (χ3v) is 7.40. The van der Waals surface area contributed by atoms with Gasteiger partial charge in [-0.3, -0.25) is 14.6 Å². The van der Waals surface area contributed by atoms with Gasteiger partial charge in [0.05, 0.1) is 21.1 Å². The Bertz CT molecular complexity index is 1830. The third kappa shape index (κ3) is 5.19. The minimum atomic E-state index is -0.601. The first-order chi connectivity index (χ1) is 18.7. The van der Waals surface area contributed by atoms with E-state index in [-0.39, 0.29) is 40.2 Å². The molecule has 0 fully saturated rings. The largest absolute Gasteiger partial charge is 0.493 e. The summed E-state index contributed by atoms with van der Waals surface area (Å²) in [7, 11) is 1.79. The Balaban J connectivity index is 1.35. The topological polar surface area (TPSA) is 93.5 Å². The molecule has 0 aliphatic carbocycles. The van der Waals surface area contributed by atoms with Crippen molar-refractivity contribution in [3.05, 3.63) is 114 Å². The second kappa shape index (κ2) is 10.8. The van der Waals surface area contributed by atoms with Crippen molar-refractivity contribution in [2.45, 2.75) is 0 Å². The minimum absolute atomic E-state index is 0.0179. The number of pyridine rings is 1. The summed E-state index contributed by atoms with van der Waals surface area (Å²) in [5.41, 5.74) is 2.46. The molecule has 3 aromatic carbocycles. The fourth-order valence-electron chi connectivity index (χ4n) is 4.27. The van der Waals surface area contributed by atoms with Crippen LogP contribution >= 0.6 is 22.9 Å². The molecular weight excluding hydrogens is 543 g/mol. The zero-order chi connectivity index (χ0) is 27.7. The number of hydrogen-bond donors (Lipinski definition) is 2. The second-order valence-electron chi connectivity index (χ2n) is 8.60. The number of halogens is 2. The molecule has 0 atom stereocenters. The smallest absolute Gasteiger partial charge is 0.307 e. The van der Waals surface area contributed by atoms with Crippen molar-refractivity contribution in [1.29, 1.82) is 0 Å². The summed E-state index contributed by atoms with van der Waals surface area (Å²) in [4.78, 5) is 27.2. The third-order valence-electron chi connectivity index (χ3n) is 6.17. The van der Waals surface area contributed by atoms with Crippen LogP contribution in [0.5, 0.6) is 17.4 Å². The highest BCUT2D eigenvalue weighted by molar-refractivity contribution is 7.10. The number of hydrogen-bond acceptors (Lipinski definition) is 6. The average Bonchev–Trinajstić information content (AvgIpc) is 3.28. The van der Waals surface area contributed by atoms with Crippen LogP contribution in [0.1, 0.15) is 10.4 Å². The first kappa shape index (κ1) is 26.3. The number of aromatic hydroxyl groups is 1. The number of para-hydroxylation sites is 1. The molecule has 7 nitrogen and oxygen atoms in total. The Morgan fingerprint density at radius 1 is 1.08 bits per heavy atom. The lowest BCUT2D eigenvalue weighted by atomic mass is 10.1. The van der Waals surface area contributed by atoms with Gasteiger partial charge < -0.3 is 19.1 Å². The minimum Gasteiger partial charge on any atom is -0.493 e. The van der Waals surface area contributed by atoms with Crippen molar-refractivity contribution in [1.82, 2.24) is 9.55 Å². The van der Waals surface area contributed by atoms with Crippen LogP contribution in [0.25, 0.3) is 27.7 Å². The van der Waals surface area contributed by atoms with Crippen LogP contribution in [0, 0.1) is 5.82 Å². The number of fused-ring (bicyclic) bond motifs is 1. The molecule has 0 saturated heterocycles. The summed E-state index contributed by atoms with van der Waals surface area (Å²) in [6, 6.07) is 18.4. The van der Waals surface area contributed by atoms with Gasteiger partial charge in [-0.25, -0.2) is 4.39 Å².